The second-order valence-corrected chi connectivity index (χ2v) is 3.98. The highest BCUT2D eigenvalue weighted by Crippen LogP contribution is 2.25. The van der Waals surface area contributed by atoms with Gasteiger partial charge in [-0.05, 0) is 18.6 Å². The number of benzene rings is 1. The van der Waals surface area contributed by atoms with E-state index in [2.05, 4.69) is 5.32 Å². The highest BCUT2D eigenvalue weighted by molar-refractivity contribution is 5.96. The molecule has 1 unspecified atom stereocenters. The van der Waals surface area contributed by atoms with E-state index >= 15 is 0 Å². The van der Waals surface area contributed by atoms with Gasteiger partial charge < -0.3 is 15.8 Å². The van der Waals surface area contributed by atoms with Gasteiger partial charge in [-0.1, -0.05) is 0 Å². The number of nitriles is 1. The van der Waals surface area contributed by atoms with Gasteiger partial charge in [0, 0.05) is 19.8 Å². The number of methoxy groups -OCH3 is 1. The molecule has 0 radical (unpaired) electrons. The number of hydrogen-bond donors (Lipinski definition) is 2. The molecule has 106 valence electrons. The minimum atomic E-state index is -0.829. The molecule has 8 nitrogen and oxygen atoms in total. The number of rotatable bonds is 6. The van der Waals surface area contributed by atoms with E-state index in [0.29, 0.717) is 13.0 Å². The van der Waals surface area contributed by atoms with Crippen molar-refractivity contribution in [1.29, 1.82) is 5.26 Å². The molecule has 1 atom stereocenters. The molecule has 1 aromatic rings. The number of nitro benzene ring substituents is 1. The van der Waals surface area contributed by atoms with E-state index in [4.69, 9.17) is 15.7 Å². The summed E-state index contributed by atoms with van der Waals surface area (Å²) >= 11 is 0. The monoisotopic (exact) mass is 278 g/mol. The fourth-order valence-corrected chi connectivity index (χ4v) is 1.46. The van der Waals surface area contributed by atoms with Crippen molar-refractivity contribution < 1.29 is 14.5 Å². The third-order valence-corrected chi connectivity index (χ3v) is 2.55. The van der Waals surface area contributed by atoms with Gasteiger partial charge in [-0.15, -0.1) is 0 Å². The summed E-state index contributed by atoms with van der Waals surface area (Å²) in [5, 5.41) is 22.0. The van der Waals surface area contributed by atoms with E-state index in [0.717, 1.165) is 6.07 Å². The number of anilines is 1. The van der Waals surface area contributed by atoms with Crippen molar-refractivity contribution in [3.8, 4) is 6.07 Å². The topological polar surface area (TPSA) is 131 Å². The van der Waals surface area contributed by atoms with Gasteiger partial charge in [-0.2, -0.15) is 5.26 Å². The molecule has 20 heavy (non-hydrogen) atoms. The quantitative estimate of drug-likeness (QED) is 0.583. The average molecular weight is 278 g/mol. The maximum Gasteiger partial charge on any atom is 0.294 e. The Labute approximate surface area is 115 Å². The van der Waals surface area contributed by atoms with Gasteiger partial charge in [0.2, 0.25) is 5.91 Å². The van der Waals surface area contributed by atoms with Crippen LogP contribution >= 0.6 is 0 Å². The normalized spacial score (nSPS) is 11.4. The zero-order chi connectivity index (χ0) is 15.1. The second-order valence-electron chi connectivity index (χ2n) is 3.98. The average Bonchev–Trinajstić information content (AvgIpc) is 2.44. The van der Waals surface area contributed by atoms with E-state index < -0.39 is 16.9 Å². The van der Waals surface area contributed by atoms with Crippen molar-refractivity contribution in [2.24, 2.45) is 5.73 Å². The molecule has 0 aliphatic carbocycles. The summed E-state index contributed by atoms with van der Waals surface area (Å²) in [7, 11) is 1.48. The summed E-state index contributed by atoms with van der Waals surface area (Å²) in [6.45, 7) is 0.310. The number of amides is 1. The molecular weight excluding hydrogens is 264 g/mol. The Morgan fingerprint density at radius 3 is 2.90 bits per heavy atom. The standard InChI is InChI=1S/C12H14N4O4/c1-20-5-4-9(14)12(17)15-10-3-2-8(7-13)6-11(10)16(18)19/h2-3,6,9H,4-5,14H2,1H3,(H,15,17). The molecule has 0 heterocycles. The van der Waals surface area contributed by atoms with Crippen molar-refractivity contribution in [3.05, 3.63) is 33.9 Å². The number of carbonyl (C=O) groups excluding carboxylic acids is 1. The molecule has 1 amide bonds. The Bertz CT molecular complexity index is 553. The van der Waals surface area contributed by atoms with E-state index in [1.54, 1.807) is 6.07 Å². The maximum atomic E-state index is 11.8. The molecule has 1 aromatic carbocycles. The van der Waals surface area contributed by atoms with Crippen molar-refractivity contribution in [2.45, 2.75) is 12.5 Å². The van der Waals surface area contributed by atoms with E-state index in [1.807, 2.05) is 0 Å². The zero-order valence-electron chi connectivity index (χ0n) is 10.8. The first-order valence-corrected chi connectivity index (χ1v) is 5.73. The SMILES string of the molecule is COCCC(N)C(=O)Nc1ccc(C#N)cc1[N+](=O)[O-]. The van der Waals surface area contributed by atoms with E-state index in [9.17, 15) is 14.9 Å². The van der Waals surface area contributed by atoms with Crippen LogP contribution in [0.4, 0.5) is 11.4 Å². The highest BCUT2D eigenvalue weighted by Gasteiger charge is 2.20. The van der Waals surface area contributed by atoms with Crippen LogP contribution < -0.4 is 11.1 Å². The smallest absolute Gasteiger partial charge is 0.294 e. The molecule has 1 rings (SSSR count). The lowest BCUT2D eigenvalue weighted by Gasteiger charge is -2.11. The van der Waals surface area contributed by atoms with Crippen molar-refractivity contribution in [2.75, 3.05) is 19.0 Å². The van der Waals surface area contributed by atoms with Crippen LogP contribution in [0.25, 0.3) is 0 Å². The summed E-state index contributed by atoms with van der Waals surface area (Å²) in [6.07, 6.45) is 0.298. The van der Waals surface area contributed by atoms with Crippen LogP contribution in [0.2, 0.25) is 0 Å². The lowest BCUT2D eigenvalue weighted by molar-refractivity contribution is -0.383. The van der Waals surface area contributed by atoms with Gasteiger partial charge in [0.1, 0.15) is 5.69 Å². The third-order valence-electron chi connectivity index (χ3n) is 2.55. The van der Waals surface area contributed by atoms with Crippen molar-refractivity contribution in [1.82, 2.24) is 0 Å². The van der Waals surface area contributed by atoms with Gasteiger partial charge in [-0.3, -0.25) is 14.9 Å². The lowest BCUT2D eigenvalue weighted by atomic mass is 10.1. The van der Waals surface area contributed by atoms with Crippen LogP contribution in [0.15, 0.2) is 18.2 Å². The summed E-state index contributed by atoms with van der Waals surface area (Å²) in [4.78, 5) is 22.0. The van der Waals surface area contributed by atoms with Gasteiger partial charge >= 0.3 is 0 Å². The summed E-state index contributed by atoms with van der Waals surface area (Å²) in [5.74, 6) is -0.546. The molecular formula is C12H14N4O4. The maximum absolute atomic E-state index is 11.8. The van der Waals surface area contributed by atoms with Crippen molar-refractivity contribution in [3.63, 3.8) is 0 Å². The van der Waals surface area contributed by atoms with Crippen LogP contribution in [0.1, 0.15) is 12.0 Å². The molecule has 0 spiro atoms. The van der Waals surface area contributed by atoms with E-state index in [1.165, 1.54) is 19.2 Å². The Hall–Kier alpha value is -2.50. The predicted octanol–water partition coefficient (Wildman–Crippen LogP) is 0.769. The molecule has 0 saturated carbocycles. The summed E-state index contributed by atoms with van der Waals surface area (Å²) in [6, 6.07) is 4.74. The van der Waals surface area contributed by atoms with Crippen LogP contribution in [-0.2, 0) is 9.53 Å². The first kappa shape index (κ1) is 15.6. The molecule has 0 aliphatic rings. The van der Waals surface area contributed by atoms with Crippen molar-refractivity contribution >= 4 is 17.3 Å². The van der Waals surface area contributed by atoms with Crippen LogP contribution in [-0.4, -0.2) is 30.6 Å². The first-order valence-electron chi connectivity index (χ1n) is 5.73. The molecule has 0 bridgehead atoms. The third kappa shape index (κ3) is 4.01. The van der Waals surface area contributed by atoms with Gasteiger partial charge in [0.05, 0.1) is 22.6 Å². The molecule has 0 saturated heterocycles. The number of carbonyl (C=O) groups is 1. The van der Waals surface area contributed by atoms with Crippen LogP contribution in [0.5, 0.6) is 0 Å². The number of ether oxygens (including phenoxy) is 1. The van der Waals surface area contributed by atoms with Crippen LogP contribution in [0, 0.1) is 21.4 Å². The zero-order valence-corrected chi connectivity index (χ0v) is 10.8. The Morgan fingerprint density at radius 2 is 2.35 bits per heavy atom. The van der Waals surface area contributed by atoms with E-state index in [-0.39, 0.29) is 16.9 Å². The highest BCUT2D eigenvalue weighted by atomic mass is 16.6. The predicted molar refractivity (Wildman–Crippen MR) is 70.9 cm³/mol. The number of nitro groups is 1. The number of nitrogens with one attached hydrogen (secondary N) is 1. The molecule has 0 aromatic heterocycles. The van der Waals surface area contributed by atoms with Gasteiger partial charge in [0.15, 0.2) is 0 Å². The lowest BCUT2D eigenvalue weighted by Crippen LogP contribution is -2.36. The number of nitrogens with zero attached hydrogens (tertiary/aromatic N) is 2. The molecule has 0 aliphatic heterocycles. The minimum absolute atomic E-state index is 0.00636. The molecule has 0 fully saturated rings. The largest absolute Gasteiger partial charge is 0.385 e. The molecule has 3 N–H and O–H groups in total. The summed E-state index contributed by atoms with van der Waals surface area (Å²) in [5.41, 5.74) is 5.41. The van der Waals surface area contributed by atoms with Gasteiger partial charge in [-0.25, -0.2) is 0 Å². The number of hydrogen-bond acceptors (Lipinski definition) is 6. The fourth-order valence-electron chi connectivity index (χ4n) is 1.46. The molecule has 8 heteroatoms. The Morgan fingerprint density at radius 1 is 1.65 bits per heavy atom. The second kappa shape index (κ2) is 7.18. The Kier molecular flexibility index (Phi) is 5.58. The van der Waals surface area contributed by atoms with Crippen LogP contribution in [0.3, 0.4) is 0 Å². The first-order chi connectivity index (χ1) is 9.49. The Balaban J connectivity index is 2.89. The fraction of sp³-hybridized carbons (Fsp3) is 0.333. The van der Waals surface area contributed by atoms with Gasteiger partial charge in [0.25, 0.3) is 5.69 Å². The minimum Gasteiger partial charge on any atom is -0.385 e. The number of nitrogens with two attached hydrogens (primary N) is 1. The summed E-state index contributed by atoms with van der Waals surface area (Å²) < 4.78 is 4.80.